The Kier molecular flexibility index (Phi) is 3.12. The highest BCUT2D eigenvalue weighted by molar-refractivity contribution is 9.10. The van der Waals surface area contributed by atoms with Gasteiger partial charge < -0.3 is 9.88 Å². The summed E-state index contributed by atoms with van der Waals surface area (Å²) in [6.45, 7) is 1.02. The van der Waals surface area contributed by atoms with E-state index >= 15 is 0 Å². The van der Waals surface area contributed by atoms with E-state index in [4.69, 9.17) is 0 Å². The summed E-state index contributed by atoms with van der Waals surface area (Å²) in [5.41, 5.74) is 2.70. The van der Waals surface area contributed by atoms with Crippen molar-refractivity contribution >= 4 is 26.8 Å². The molecule has 0 aliphatic rings. The molecule has 0 aliphatic carbocycles. The number of nitrogens with zero attached hydrogens (tertiary/aromatic N) is 1. The summed E-state index contributed by atoms with van der Waals surface area (Å²) in [5, 5.41) is 4.54. The Bertz CT molecular complexity index is 474. The van der Waals surface area contributed by atoms with Crippen molar-refractivity contribution in [2.45, 2.75) is 6.42 Å². The average molecular weight is 267 g/mol. The molecule has 0 fully saturated rings. The maximum absolute atomic E-state index is 3.50. The van der Waals surface area contributed by atoms with E-state index in [9.17, 15) is 0 Å². The van der Waals surface area contributed by atoms with Gasteiger partial charge in [0.25, 0.3) is 0 Å². The highest BCUT2D eigenvalue weighted by Gasteiger charge is 2.05. The topological polar surface area (TPSA) is 17.0 Å². The summed E-state index contributed by atoms with van der Waals surface area (Å²) in [6.07, 6.45) is 3.30. The van der Waals surface area contributed by atoms with Crippen molar-refractivity contribution in [1.29, 1.82) is 0 Å². The number of aryl methyl sites for hydroxylation is 1. The number of hydrogen-bond acceptors (Lipinski definition) is 1. The number of benzene rings is 1. The zero-order valence-electron chi connectivity index (χ0n) is 9.05. The van der Waals surface area contributed by atoms with E-state index in [0.29, 0.717) is 0 Å². The van der Waals surface area contributed by atoms with Gasteiger partial charge in [-0.2, -0.15) is 0 Å². The van der Waals surface area contributed by atoms with Crippen LogP contribution >= 0.6 is 15.9 Å². The van der Waals surface area contributed by atoms with Crippen LogP contribution in [0.25, 0.3) is 10.9 Å². The molecule has 0 unspecified atom stereocenters. The van der Waals surface area contributed by atoms with Gasteiger partial charge in [-0.1, -0.05) is 22.0 Å². The van der Waals surface area contributed by atoms with Crippen LogP contribution < -0.4 is 5.32 Å². The lowest BCUT2D eigenvalue weighted by atomic mass is 10.1. The van der Waals surface area contributed by atoms with Gasteiger partial charge >= 0.3 is 0 Å². The van der Waals surface area contributed by atoms with Gasteiger partial charge in [-0.15, -0.1) is 0 Å². The number of hydrogen-bond donors (Lipinski definition) is 1. The summed E-state index contributed by atoms with van der Waals surface area (Å²) in [4.78, 5) is 0. The SMILES string of the molecule is CNCCc1cn(C)c2cc(Br)ccc12. The molecule has 1 aromatic carbocycles. The van der Waals surface area contributed by atoms with Gasteiger partial charge in [-0.25, -0.2) is 0 Å². The third kappa shape index (κ3) is 2.08. The molecule has 3 heteroatoms. The summed E-state index contributed by atoms with van der Waals surface area (Å²) in [6, 6.07) is 6.45. The second kappa shape index (κ2) is 4.37. The molecule has 0 amide bonds. The van der Waals surface area contributed by atoms with Crippen molar-refractivity contribution in [2.75, 3.05) is 13.6 Å². The zero-order chi connectivity index (χ0) is 10.8. The summed E-state index contributed by atoms with van der Waals surface area (Å²) in [7, 11) is 4.08. The van der Waals surface area contributed by atoms with E-state index < -0.39 is 0 Å². The molecule has 1 aromatic heterocycles. The number of fused-ring (bicyclic) bond motifs is 1. The first-order valence-corrected chi connectivity index (χ1v) is 5.89. The maximum Gasteiger partial charge on any atom is 0.0491 e. The number of rotatable bonds is 3. The Morgan fingerprint density at radius 2 is 2.20 bits per heavy atom. The molecule has 0 saturated heterocycles. The first kappa shape index (κ1) is 10.7. The molecule has 15 heavy (non-hydrogen) atoms. The molecule has 0 saturated carbocycles. The van der Waals surface area contributed by atoms with Crippen LogP contribution in [-0.2, 0) is 13.5 Å². The minimum absolute atomic E-state index is 1.02. The van der Waals surface area contributed by atoms with Crippen LogP contribution in [0.1, 0.15) is 5.56 Å². The van der Waals surface area contributed by atoms with E-state index in [1.807, 2.05) is 7.05 Å². The van der Waals surface area contributed by atoms with Crippen molar-refractivity contribution in [3.63, 3.8) is 0 Å². The Morgan fingerprint density at radius 3 is 2.93 bits per heavy atom. The molecular weight excluding hydrogens is 252 g/mol. The second-order valence-corrected chi connectivity index (χ2v) is 4.70. The molecule has 2 rings (SSSR count). The fourth-order valence-corrected chi connectivity index (χ4v) is 2.25. The van der Waals surface area contributed by atoms with Gasteiger partial charge in [0.1, 0.15) is 0 Å². The molecule has 2 aromatic rings. The second-order valence-electron chi connectivity index (χ2n) is 3.78. The van der Waals surface area contributed by atoms with E-state index in [2.05, 4.69) is 57.3 Å². The average Bonchev–Trinajstić information content (AvgIpc) is 2.53. The molecule has 0 radical (unpaired) electrons. The Labute approximate surface area is 98.4 Å². The van der Waals surface area contributed by atoms with E-state index in [0.717, 1.165) is 17.4 Å². The van der Waals surface area contributed by atoms with Gasteiger partial charge in [0.2, 0.25) is 0 Å². The van der Waals surface area contributed by atoms with Crippen LogP contribution in [0.4, 0.5) is 0 Å². The molecule has 1 heterocycles. The zero-order valence-corrected chi connectivity index (χ0v) is 10.6. The molecule has 80 valence electrons. The number of aromatic nitrogens is 1. The van der Waals surface area contributed by atoms with Crippen LogP contribution in [0.5, 0.6) is 0 Å². The minimum atomic E-state index is 1.02. The Hall–Kier alpha value is -0.800. The van der Waals surface area contributed by atoms with Gasteiger partial charge in [0, 0.05) is 28.6 Å². The number of nitrogens with one attached hydrogen (secondary N) is 1. The van der Waals surface area contributed by atoms with E-state index in [1.165, 1.54) is 16.5 Å². The molecule has 0 aliphatic heterocycles. The number of halogens is 1. The summed E-state index contributed by atoms with van der Waals surface area (Å²) in [5.74, 6) is 0. The maximum atomic E-state index is 3.50. The minimum Gasteiger partial charge on any atom is -0.350 e. The Morgan fingerprint density at radius 1 is 1.40 bits per heavy atom. The van der Waals surface area contributed by atoms with Crippen molar-refractivity contribution in [3.05, 3.63) is 34.4 Å². The molecule has 0 atom stereocenters. The number of likely N-dealkylation sites (N-methyl/N-ethyl adjacent to an activating group) is 1. The third-order valence-corrected chi connectivity index (χ3v) is 3.17. The van der Waals surface area contributed by atoms with Crippen molar-refractivity contribution < 1.29 is 0 Å². The first-order chi connectivity index (χ1) is 7.22. The van der Waals surface area contributed by atoms with Crippen LogP contribution in [0, 0.1) is 0 Å². The van der Waals surface area contributed by atoms with E-state index in [1.54, 1.807) is 0 Å². The fraction of sp³-hybridized carbons (Fsp3) is 0.333. The lowest BCUT2D eigenvalue weighted by molar-refractivity contribution is 0.791. The van der Waals surface area contributed by atoms with Gasteiger partial charge in [0.15, 0.2) is 0 Å². The highest BCUT2D eigenvalue weighted by Crippen LogP contribution is 2.24. The van der Waals surface area contributed by atoms with Gasteiger partial charge in [0.05, 0.1) is 0 Å². The van der Waals surface area contributed by atoms with Crippen LogP contribution in [0.15, 0.2) is 28.9 Å². The van der Waals surface area contributed by atoms with Crippen molar-refractivity contribution in [2.24, 2.45) is 7.05 Å². The van der Waals surface area contributed by atoms with E-state index in [-0.39, 0.29) is 0 Å². The quantitative estimate of drug-likeness (QED) is 0.904. The largest absolute Gasteiger partial charge is 0.350 e. The predicted octanol–water partition coefficient (Wildman–Crippen LogP) is 2.70. The Balaban J connectivity index is 2.48. The third-order valence-electron chi connectivity index (χ3n) is 2.68. The predicted molar refractivity (Wildman–Crippen MR) is 68.2 cm³/mol. The molecule has 1 N–H and O–H groups in total. The standard InChI is InChI=1S/C12H15BrN2/c1-14-6-5-9-8-15(2)12-7-10(13)3-4-11(9)12/h3-4,7-8,14H,5-6H2,1-2H3. The van der Waals surface area contributed by atoms with Crippen LogP contribution in [0.3, 0.4) is 0 Å². The summed E-state index contributed by atoms with van der Waals surface area (Å²) >= 11 is 3.50. The lowest BCUT2D eigenvalue weighted by Gasteiger charge is -1.98. The fourth-order valence-electron chi connectivity index (χ4n) is 1.90. The van der Waals surface area contributed by atoms with Crippen molar-refractivity contribution in [3.8, 4) is 0 Å². The lowest BCUT2D eigenvalue weighted by Crippen LogP contribution is -2.09. The first-order valence-electron chi connectivity index (χ1n) is 5.10. The molecular formula is C12H15BrN2. The highest BCUT2D eigenvalue weighted by atomic mass is 79.9. The monoisotopic (exact) mass is 266 g/mol. The molecule has 0 bridgehead atoms. The van der Waals surface area contributed by atoms with Gasteiger partial charge in [-0.3, -0.25) is 0 Å². The van der Waals surface area contributed by atoms with Gasteiger partial charge in [-0.05, 0) is 37.7 Å². The molecule has 2 nitrogen and oxygen atoms in total. The van der Waals surface area contributed by atoms with Crippen LogP contribution in [-0.4, -0.2) is 18.2 Å². The van der Waals surface area contributed by atoms with Crippen LogP contribution in [0.2, 0.25) is 0 Å². The normalized spacial score (nSPS) is 11.1. The molecule has 0 spiro atoms. The summed E-state index contributed by atoms with van der Waals surface area (Å²) < 4.78 is 3.32. The smallest absolute Gasteiger partial charge is 0.0491 e. The van der Waals surface area contributed by atoms with Crippen molar-refractivity contribution in [1.82, 2.24) is 9.88 Å².